The first-order valence-corrected chi connectivity index (χ1v) is 6.65. The fourth-order valence-electron chi connectivity index (χ4n) is 4.38. The van der Waals surface area contributed by atoms with Gasteiger partial charge in [0.15, 0.2) is 0 Å². The summed E-state index contributed by atoms with van der Waals surface area (Å²) in [6.45, 7) is 12.1. The summed E-state index contributed by atoms with van der Waals surface area (Å²) in [4.78, 5) is 0. The smallest absolute Gasteiger partial charge is 0.0467 e. The van der Waals surface area contributed by atoms with E-state index in [9.17, 15) is 5.11 Å². The van der Waals surface area contributed by atoms with Crippen molar-refractivity contribution in [3.8, 4) is 0 Å². The normalized spacial score (nSPS) is 42.4. The Morgan fingerprint density at radius 2 is 1.94 bits per heavy atom. The van der Waals surface area contributed by atoms with Crippen molar-refractivity contribution in [1.29, 1.82) is 0 Å². The lowest BCUT2D eigenvalue weighted by atomic mass is 9.65. The maximum atomic E-state index is 9.59. The maximum Gasteiger partial charge on any atom is 0.0467 e. The molecule has 3 atom stereocenters. The van der Waals surface area contributed by atoms with E-state index in [-0.39, 0.29) is 5.41 Å². The van der Waals surface area contributed by atoms with Gasteiger partial charge < -0.3 is 5.11 Å². The van der Waals surface area contributed by atoms with Gasteiger partial charge in [0.25, 0.3) is 0 Å². The highest BCUT2D eigenvalue weighted by Gasteiger charge is 2.53. The molecule has 0 aromatic carbocycles. The van der Waals surface area contributed by atoms with Crippen LogP contribution in [0, 0.1) is 22.7 Å². The van der Waals surface area contributed by atoms with Gasteiger partial charge in [0.1, 0.15) is 0 Å². The van der Waals surface area contributed by atoms with Gasteiger partial charge >= 0.3 is 0 Å². The van der Waals surface area contributed by atoms with E-state index in [1.54, 1.807) is 11.1 Å². The number of aliphatic hydroxyl groups is 1. The van der Waals surface area contributed by atoms with Crippen LogP contribution in [0.3, 0.4) is 0 Å². The highest BCUT2D eigenvalue weighted by Crippen LogP contribution is 2.62. The third-order valence-corrected chi connectivity index (χ3v) is 5.45. The topological polar surface area (TPSA) is 20.2 Å². The molecule has 0 saturated heterocycles. The van der Waals surface area contributed by atoms with E-state index in [1.165, 1.54) is 19.3 Å². The van der Waals surface area contributed by atoms with E-state index in [1.807, 2.05) is 0 Å². The Bertz CT molecular complexity index is 326. The largest absolute Gasteiger partial charge is 0.396 e. The predicted octanol–water partition coefficient (Wildman–Crippen LogP) is 3.78. The molecule has 3 unspecified atom stereocenters. The van der Waals surface area contributed by atoms with E-state index < -0.39 is 0 Å². The van der Waals surface area contributed by atoms with Crippen LogP contribution in [0.4, 0.5) is 0 Å². The zero-order chi connectivity index (χ0) is 12.1. The van der Waals surface area contributed by atoms with Crippen LogP contribution in [0.15, 0.2) is 11.1 Å². The maximum absolute atomic E-state index is 9.59. The predicted molar refractivity (Wildman–Crippen MR) is 68.2 cm³/mol. The van der Waals surface area contributed by atoms with Gasteiger partial charge in [0.2, 0.25) is 0 Å². The summed E-state index contributed by atoms with van der Waals surface area (Å²) < 4.78 is 0. The van der Waals surface area contributed by atoms with Crippen LogP contribution in [-0.2, 0) is 0 Å². The molecule has 0 bridgehead atoms. The molecule has 2 aliphatic rings. The molecule has 2 rings (SSSR count). The average molecular weight is 222 g/mol. The first kappa shape index (κ1) is 12.2. The number of fused-ring (bicyclic) bond motifs is 1. The minimum Gasteiger partial charge on any atom is -0.396 e. The Kier molecular flexibility index (Phi) is 2.73. The minimum atomic E-state index is 0.197. The lowest BCUT2D eigenvalue weighted by Crippen LogP contribution is -2.28. The molecular formula is C15H26O. The van der Waals surface area contributed by atoms with Crippen molar-refractivity contribution in [1.82, 2.24) is 0 Å². The first-order chi connectivity index (χ1) is 7.33. The first-order valence-electron chi connectivity index (χ1n) is 6.65. The van der Waals surface area contributed by atoms with Gasteiger partial charge in [0, 0.05) is 6.61 Å². The number of hydrogen-bond acceptors (Lipinski definition) is 1. The summed E-state index contributed by atoms with van der Waals surface area (Å²) in [6.07, 6.45) is 3.80. The van der Waals surface area contributed by atoms with Crippen molar-refractivity contribution in [2.24, 2.45) is 22.7 Å². The zero-order valence-corrected chi connectivity index (χ0v) is 11.4. The molecule has 1 saturated carbocycles. The highest BCUT2D eigenvalue weighted by molar-refractivity contribution is 5.35. The zero-order valence-electron chi connectivity index (χ0n) is 11.4. The molecule has 16 heavy (non-hydrogen) atoms. The molecule has 0 aromatic rings. The van der Waals surface area contributed by atoms with Crippen LogP contribution in [-0.4, -0.2) is 11.7 Å². The SMILES string of the molecule is CC1=C2C(C)(CCC1C)CC(CO)C2(C)C. The fraction of sp³-hybridized carbons (Fsp3) is 0.867. The van der Waals surface area contributed by atoms with E-state index in [0.717, 1.165) is 5.92 Å². The molecule has 0 aromatic heterocycles. The fourth-order valence-corrected chi connectivity index (χ4v) is 4.38. The summed E-state index contributed by atoms with van der Waals surface area (Å²) in [7, 11) is 0. The molecule has 0 amide bonds. The van der Waals surface area contributed by atoms with Crippen molar-refractivity contribution >= 4 is 0 Å². The Morgan fingerprint density at radius 1 is 1.31 bits per heavy atom. The lowest BCUT2D eigenvalue weighted by Gasteiger charge is -2.40. The number of rotatable bonds is 1. The van der Waals surface area contributed by atoms with Crippen LogP contribution >= 0.6 is 0 Å². The summed E-state index contributed by atoms with van der Waals surface area (Å²) in [5.41, 5.74) is 3.84. The van der Waals surface area contributed by atoms with Gasteiger partial charge in [-0.2, -0.15) is 0 Å². The van der Waals surface area contributed by atoms with Gasteiger partial charge in [-0.1, -0.05) is 38.8 Å². The standard InChI is InChI=1S/C15H26O/c1-10-6-7-15(5)8-12(9-16)14(3,4)13(15)11(10)2/h10,12,16H,6-9H2,1-5H3. The van der Waals surface area contributed by atoms with Crippen molar-refractivity contribution in [2.75, 3.05) is 6.61 Å². The third kappa shape index (κ3) is 1.48. The third-order valence-electron chi connectivity index (χ3n) is 5.45. The molecule has 0 heterocycles. The Balaban J connectivity index is 2.52. The molecule has 92 valence electrons. The van der Waals surface area contributed by atoms with Crippen LogP contribution in [0.2, 0.25) is 0 Å². The van der Waals surface area contributed by atoms with Crippen LogP contribution in [0.5, 0.6) is 0 Å². The second kappa shape index (κ2) is 3.60. The number of allylic oxidation sites excluding steroid dienone is 2. The molecular weight excluding hydrogens is 196 g/mol. The molecule has 0 radical (unpaired) electrons. The van der Waals surface area contributed by atoms with E-state index >= 15 is 0 Å². The summed E-state index contributed by atoms with van der Waals surface area (Å²) in [5, 5.41) is 9.59. The van der Waals surface area contributed by atoms with E-state index in [0.29, 0.717) is 17.9 Å². The average Bonchev–Trinajstić information content (AvgIpc) is 2.41. The number of aliphatic hydroxyl groups excluding tert-OH is 1. The highest BCUT2D eigenvalue weighted by atomic mass is 16.3. The van der Waals surface area contributed by atoms with Gasteiger partial charge in [-0.05, 0) is 48.9 Å². The van der Waals surface area contributed by atoms with Gasteiger partial charge in [-0.25, -0.2) is 0 Å². The van der Waals surface area contributed by atoms with E-state index in [2.05, 4.69) is 34.6 Å². The molecule has 1 nitrogen and oxygen atoms in total. The van der Waals surface area contributed by atoms with Gasteiger partial charge in [-0.3, -0.25) is 0 Å². The second-order valence-electron chi connectivity index (χ2n) is 6.86. The molecule has 0 spiro atoms. The summed E-state index contributed by atoms with van der Waals surface area (Å²) in [6, 6.07) is 0. The summed E-state index contributed by atoms with van der Waals surface area (Å²) >= 11 is 0. The molecule has 1 fully saturated rings. The van der Waals surface area contributed by atoms with Crippen LogP contribution < -0.4 is 0 Å². The Morgan fingerprint density at radius 3 is 2.50 bits per heavy atom. The Hall–Kier alpha value is -0.300. The van der Waals surface area contributed by atoms with Crippen molar-refractivity contribution < 1.29 is 5.11 Å². The quantitative estimate of drug-likeness (QED) is 0.669. The van der Waals surface area contributed by atoms with E-state index in [4.69, 9.17) is 0 Å². The second-order valence-corrected chi connectivity index (χ2v) is 6.86. The molecule has 2 aliphatic carbocycles. The van der Waals surface area contributed by atoms with Gasteiger partial charge in [-0.15, -0.1) is 0 Å². The lowest BCUT2D eigenvalue weighted by molar-refractivity contribution is 0.157. The Labute approximate surface area is 99.9 Å². The van der Waals surface area contributed by atoms with Crippen LogP contribution in [0.1, 0.15) is 53.9 Å². The van der Waals surface area contributed by atoms with Gasteiger partial charge in [0.05, 0.1) is 0 Å². The van der Waals surface area contributed by atoms with Crippen LogP contribution in [0.25, 0.3) is 0 Å². The number of hydrogen-bond donors (Lipinski definition) is 1. The van der Waals surface area contributed by atoms with Crippen molar-refractivity contribution in [2.45, 2.75) is 53.9 Å². The molecule has 1 N–H and O–H groups in total. The van der Waals surface area contributed by atoms with Crippen molar-refractivity contribution in [3.63, 3.8) is 0 Å². The molecule has 1 heteroatoms. The summed E-state index contributed by atoms with van der Waals surface area (Å²) in [5.74, 6) is 1.19. The molecule has 0 aliphatic heterocycles. The van der Waals surface area contributed by atoms with Crippen molar-refractivity contribution in [3.05, 3.63) is 11.1 Å². The minimum absolute atomic E-state index is 0.197. The monoisotopic (exact) mass is 222 g/mol.